The predicted octanol–water partition coefficient (Wildman–Crippen LogP) is 2.90. The van der Waals surface area contributed by atoms with Crippen molar-refractivity contribution in [3.05, 3.63) is 35.9 Å². The fraction of sp³-hybridized carbons (Fsp3) is 0.650. The number of nitrogens with zero attached hydrogens (tertiary/aromatic N) is 1. The lowest BCUT2D eigenvalue weighted by Gasteiger charge is -2.40. The average Bonchev–Trinajstić information content (AvgIpc) is 3.06. The van der Waals surface area contributed by atoms with Crippen LogP contribution in [0.1, 0.15) is 50.5 Å². The molecule has 2 fully saturated rings. The molecule has 2 unspecified atom stereocenters. The van der Waals surface area contributed by atoms with E-state index in [9.17, 15) is 9.90 Å². The highest BCUT2D eigenvalue weighted by Crippen LogP contribution is 2.35. The topological polar surface area (TPSA) is 61.8 Å². The number of rotatable bonds is 5. The average molecular weight is 346 g/mol. The van der Waals surface area contributed by atoms with Crippen LogP contribution in [-0.4, -0.2) is 54.0 Å². The first-order chi connectivity index (χ1) is 12.1. The van der Waals surface area contributed by atoms with Crippen LogP contribution >= 0.6 is 0 Å². The fourth-order valence-corrected chi connectivity index (χ4v) is 4.14. The van der Waals surface area contributed by atoms with Crippen LogP contribution < -0.4 is 5.32 Å². The summed E-state index contributed by atoms with van der Waals surface area (Å²) >= 11 is 0. The van der Waals surface area contributed by atoms with Crippen LogP contribution in [0.2, 0.25) is 0 Å². The Labute approximate surface area is 150 Å². The molecule has 138 valence electrons. The van der Waals surface area contributed by atoms with Gasteiger partial charge in [0.25, 0.3) is 0 Å². The molecule has 1 saturated carbocycles. The summed E-state index contributed by atoms with van der Waals surface area (Å²) in [6.07, 6.45) is 4.75. The molecule has 2 N–H and O–H groups in total. The van der Waals surface area contributed by atoms with E-state index in [1.165, 1.54) is 12.8 Å². The number of amides is 2. The van der Waals surface area contributed by atoms with Crippen molar-refractivity contribution in [3.63, 3.8) is 0 Å². The van der Waals surface area contributed by atoms with E-state index in [0.29, 0.717) is 32.7 Å². The standard InChI is InChI=1S/C20H30N2O3/c1-16(23)13-18(17-7-3-2-4-8-17)14-21-19(24)22-11-12-25-20(15-22)9-5-6-10-20/h2-4,7-8,16,18,23H,5-6,9-15H2,1H3,(H,21,24). The van der Waals surface area contributed by atoms with Crippen molar-refractivity contribution in [2.75, 3.05) is 26.2 Å². The molecule has 25 heavy (non-hydrogen) atoms. The number of aliphatic hydroxyl groups is 1. The molecule has 0 bridgehead atoms. The third-order valence-corrected chi connectivity index (χ3v) is 5.45. The first kappa shape index (κ1) is 18.2. The molecule has 2 atom stereocenters. The summed E-state index contributed by atoms with van der Waals surface area (Å²) in [6.45, 7) is 4.32. The predicted molar refractivity (Wildman–Crippen MR) is 97.6 cm³/mol. The Hall–Kier alpha value is -1.59. The zero-order chi connectivity index (χ0) is 17.7. The molecule has 1 spiro atoms. The number of ether oxygens (including phenoxy) is 1. The van der Waals surface area contributed by atoms with E-state index in [-0.39, 0.29) is 17.6 Å². The summed E-state index contributed by atoms with van der Waals surface area (Å²) in [5.74, 6) is 0.117. The second-order valence-electron chi connectivity index (χ2n) is 7.54. The number of benzene rings is 1. The van der Waals surface area contributed by atoms with E-state index < -0.39 is 6.10 Å². The zero-order valence-electron chi connectivity index (χ0n) is 15.1. The van der Waals surface area contributed by atoms with Gasteiger partial charge in [-0.3, -0.25) is 0 Å². The minimum Gasteiger partial charge on any atom is -0.393 e. The van der Waals surface area contributed by atoms with Crippen molar-refractivity contribution < 1.29 is 14.6 Å². The van der Waals surface area contributed by atoms with Gasteiger partial charge >= 0.3 is 6.03 Å². The Morgan fingerprint density at radius 3 is 2.72 bits per heavy atom. The Bertz CT molecular complexity index is 555. The lowest BCUT2D eigenvalue weighted by molar-refractivity contribution is -0.0925. The minimum absolute atomic E-state index is 0.0129. The maximum atomic E-state index is 12.7. The Morgan fingerprint density at radius 2 is 2.04 bits per heavy atom. The normalized spacial score (nSPS) is 21.9. The number of hydrogen-bond donors (Lipinski definition) is 2. The summed E-state index contributed by atoms with van der Waals surface area (Å²) in [4.78, 5) is 14.6. The van der Waals surface area contributed by atoms with Crippen LogP contribution in [0.15, 0.2) is 30.3 Å². The van der Waals surface area contributed by atoms with Gasteiger partial charge in [-0.25, -0.2) is 4.79 Å². The van der Waals surface area contributed by atoms with Crippen molar-refractivity contribution in [3.8, 4) is 0 Å². The van der Waals surface area contributed by atoms with Crippen molar-refractivity contribution in [1.29, 1.82) is 0 Å². The molecule has 1 heterocycles. The molecule has 1 aromatic carbocycles. The molecule has 3 rings (SSSR count). The van der Waals surface area contributed by atoms with E-state index in [2.05, 4.69) is 17.4 Å². The van der Waals surface area contributed by atoms with Crippen LogP contribution in [-0.2, 0) is 4.74 Å². The van der Waals surface area contributed by atoms with Crippen molar-refractivity contribution >= 4 is 6.03 Å². The molecular weight excluding hydrogens is 316 g/mol. The van der Waals surface area contributed by atoms with E-state index in [4.69, 9.17) is 4.74 Å². The third kappa shape index (κ3) is 4.73. The van der Waals surface area contributed by atoms with Crippen molar-refractivity contribution in [2.24, 2.45) is 0 Å². The molecule has 2 aliphatic rings. The van der Waals surface area contributed by atoms with Crippen molar-refractivity contribution in [1.82, 2.24) is 10.2 Å². The second kappa shape index (κ2) is 8.19. The largest absolute Gasteiger partial charge is 0.393 e. The summed E-state index contributed by atoms with van der Waals surface area (Å²) in [5, 5.41) is 12.9. The summed E-state index contributed by atoms with van der Waals surface area (Å²) < 4.78 is 6.00. The smallest absolute Gasteiger partial charge is 0.317 e. The zero-order valence-corrected chi connectivity index (χ0v) is 15.1. The van der Waals surface area contributed by atoms with E-state index >= 15 is 0 Å². The molecule has 1 aliphatic heterocycles. The number of carbonyl (C=O) groups excluding carboxylic acids is 1. The maximum absolute atomic E-state index is 12.7. The summed E-state index contributed by atoms with van der Waals surface area (Å²) in [6, 6.07) is 10.1. The second-order valence-corrected chi connectivity index (χ2v) is 7.54. The van der Waals surface area contributed by atoms with Crippen LogP contribution in [0, 0.1) is 0 Å². The van der Waals surface area contributed by atoms with Gasteiger partial charge in [0.15, 0.2) is 0 Å². The number of nitrogens with one attached hydrogen (secondary N) is 1. The first-order valence-corrected chi connectivity index (χ1v) is 9.48. The fourth-order valence-electron chi connectivity index (χ4n) is 4.14. The lowest BCUT2D eigenvalue weighted by Crippen LogP contribution is -2.55. The van der Waals surface area contributed by atoms with Crippen LogP contribution in [0.5, 0.6) is 0 Å². The number of carbonyl (C=O) groups is 1. The van der Waals surface area contributed by atoms with E-state index in [1.807, 2.05) is 23.1 Å². The van der Waals surface area contributed by atoms with Crippen molar-refractivity contribution in [2.45, 2.75) is 56.7 Å². The van der Waals surface area contributed by atoms with E-state index in [1.54, 1.807) is 6.92 Å². The highest BCUT2D eigenvalue weighted by atomic mass is 16.5. The SMILES string of the molecule is CC(O)CC(CNC(=O)N1CCOC2(CCCC2)C1)c1ccccc1. The lowest BCUT2D eigenvalue weighted by atomic mass is 9.93. The quantitative estimate of drug-likeness (QED) is 0.862. The van der Waals surface area contributed by atoms with Gasteiger partial charge in [-0.1, -0.05) is 43.2 Å². The minimum atomic E-state index is -0.396. The molecule has 0 aromatic heterocycles. The van der Waals surface area contributed by atoms with Gasteiger partial charge in [0.2, 0.25) is 0 Å². The monoisotopic (exact) mass is 346 g/mol. The molecule has 1 aliphatic carbocycles. The number of aliphatic hydroxyl groups excluding tert-OH is 1. The third-order valence-electron chi connectivity index (χ3n) is 5.45. The van der Waals surface area contributed by atoms with Gasteiger partial charge in [0.1, 0.15) is 0 Å². The highest BCUT2D eigenvalue weighted by molar-refractivity contribution is 5.74. The Morgan fingerprint density at radius 1 is 1.32 bits per heavy atom. The van der Waals surface area contributed by atoms with Gasteiger partial charge in [0.05, 0.1) is 24.9 Å². The first-order valence-electron chi connectivity index (χ1n) is 9.48. The number of morpholine rings is 1. The van der Waals surface area contributed by atoms with Gasteiger partial charge in [-0.05, 0) is 31.7 Å². The molecule has 0 radical (unpaired) electrons. The van der Waals surface area contributed by atoms with Gasteiger partial charge < -0.3 is 20.1 Å². The van der Waals surface area contributed by atoms with Gasteiger partial charge in [0, 0.05) is 19.0 Å². The summed E-state index contributed by atoms with van der Waals surface area (Å²) in [5.41, 5.74) is 1.05. The Kier molecular flexibility index (Phi) is 5.97. The number of hydrogen-bond acceptors (Lipinski definition) is 3. The molecule has 1 saturated heterocycles. The van der Waals surface area contributed by atoms with Crippen LogP contribution in [0.3, 0.4) is 0 Å². The molecule has 5 heteroatoms. The van der Waals surface area contributed by atoms with Crippen LogP contribution in [0.4, 0.5) is 4.79 Å². The molecule has 5 nitrogen and oxygen atoms in total. The number of urea groups is 1. The van der Waals surface area contributed by atoms with Gasteiger partial charge in [-0.15, -0.1) is 0 Å². The molecule has 1 aromatic rings. The van der Waals surface area contributed by atoms with Gasteiger partial charge in [-0.2, -0.15) is 0 Å². The van der Waals surface area contributed by atoms with Crippen LogP contribution in [0.25, 0.3) is 0 Å². The summed E-state index contributed by atoms with van der Waals surface area (Å²) in [7, 11) is 0. The highest BCUT2D eigenvalue weighted by Gasteiger charge is 2.40. The molecular formula is C20H30N2O3. The Balaban J connectivity index is 1.57. The van der Waals surface area contributed by atoms with E-state index in [0.717, 1.165) is 18.4 Å². The molecule has 2 amide bonds. The maximum Gasteiger partial charge on any atom is 0.317 e.